The van der Waals surface area contributed by atoms with Gasteiger partial charge in [-0.25, -0.2) is 9.78 Å². The number of nitrogens with zero attached hydrogens (tertiary/aromatic N) is 2. The molecule has 33 heavy (non-hydrogen) atoms. The van der Waals surface area contributed by atoms with Crippen LogP contribution in [0.4, 0.5) is 0 Å². The van der Waals surface area contributed by atoms with Crippen molar-refractivity contribution in [3.63, 3.8) is 0 Å². The minimum atomic E-state index is -0.419. The van der Waals surface area contributed by atoms with E-state index in [1.54, 1.807) is 42.6 Å². The molecule has 5 nitrogen and oxygen atoms in total. The lowest BCUT2D eigenvalue weighted by atomic mass is 10.1. The van der Waals surface area contributed by atoms with Crippen LogP contribution in [0.1, 0.15) is 28.2 Å². The summed E-state index contributed by atoms with van der Waals surface area (Å²) in [5.74, 6) is 1.37. The number of hydrogen-bond acceptors (Lipinski definition) is 4. The van der Waals surface area contributed by atoms with Gasteiger partial charge >= 0.3 is 5.97 Å². The van der Waals surface area contributed by atoms with Gasteiger partial charge in [0.15, 0.2) is 0 Å². The van der Waals surface area contributed by atoms with Gasteiger partial charge in [0.05, 0.1) is 17.2 Å². The number of aromatic nitrogens is 2. The third kappa shape index (κ3) is 6.11. The Hall–Kier alpha value is -3.83. The van der Waals surface area contributed by atoms with E-state index < -0.39 is 5.97 Å². The van der Waals surface area contributed by atoms with Crippen LogP contribution in [-0.4, -0.2) is 22.1 Å². The summed E-state index contributed by atoms with van der Waals surface area (Å²) in [4.78, 5) is 17.1. The van der Waals surface area contributed by atoms with Crippen molar-refractivity contribution in [2.75, 3.05) is 6.61 Å². The summed E-state index contributed by atoms with van der Waals surface area (Å²) in [6.07, 6.45) is 6.16. The molecule has 1 aromatic heterocycles. The van der Waals surface area contributed by atoms with E-state index in [0.29, 0.717) is 41.1 Å². The molecule has 0 aliphatic rings. The minimum absolute atomic E-state index is 0.419. The molecule has 0 bridgehead atoms. The highest BCUT2D eigenvalue weighted by atomic mass is 35.5. The maximum Gasteiger partial charge on any atom is 0.343 e. The summed E-state index contributed by atoms with van der Waals surface area (Å²) >= 11 is 6.14. The summed E-state index contributed by atoms with van der Waals surface area (Å²) in [5, 5.41) is 0.594. The maximum atomic E-state index is 12.7. The Morgan fingerprint density at radius 1 is 0.909 bits per heavy atom. The first kappa shape index (κ1) is 22.4. The van der Waals surface area contributed by atoms with Gasteiger partial charge in [-0.3, -0.25) is 0 Å². The molecular weight excluding hydrogens is 436 g/mol. The lowest BCUT2D eigenvalue weighted by molar-refractivity contribution is 0.0693. The SMILES string of the molecule is O=C(OC(=Cc1nccn1CCCOc1ccccc1Cl)c1ccccc1)c1ccccc1. The molecule has 1 heterocycles. The van der Waals surface area contributed by atoms with Crippen molar-refractivity contribution in [1.82, 2.24) is 9.55 Å². The first-order valence-electron chi connectivity index (χ1n) is 10.6. The van der Waals surface area contributed by atoms with Crippen LogP contribution < -0.4 is 4.74 Å². The highest BCUT2D eigenvalue weighted by Crippen LogP contribution is 2.24. The monoisotopic (exact) mass is 458 g/mol. The van der Waals surface area contributed by atoms with Crippen molar-refractivity contribution in [3.05, 3.63) is 119 Å². The fourth-order valence-corrected chi connectivity index (χ4v) is 3.44. The Labute approximate surface area is 197 Å². The number of benzene rings is 3. The smallest absolute Gasteiger partial charge is 0.343 e. The third-order valence-corrected chi connectivity index (χ3v) is 5.23. The molecule has 0 amide bonds. The van der Waals surface area contributed by atoms with Crippen molar-refractivity contribution in [2.45, 2.75) is 13.0 Å². The molecule has 0 spiro atoms. The van der Waals surface area contributed by atoms with Crippen molar-refractivity contribution < 1.29 is 14.3 Å². The predicted molar refractivity (Wildman–Crippen MR) is 130 cm³/mol. The second-order valence-electron chi connectivity index (χ2n) is 7.24. The zero-order valence-electron chi connectivity index (χ0n) is 17.9. The number of carbonyl (C=O) groups is 1. The third-order valence-electron chi connectivity index (χ3n) is 4.92. The van der Waals surface area contributed by atoms with Crippen LogP contribution in [-0.2, 0) is 11.3 Å². The van der Waals surface area contributed by atoms with Gasteiger partial charge in [-0.1, -0.05) is 72.3 Å². The van der Waals surface area contributed by atoms with Crippen LogP contribution in [0, 0.1) is 0 Å². The fraction of sp³-hybridized carbons (Fsp3) is 0.111. The van der Waals surface area contributed by atoms with Crippen LogP contribution in [0.5, 0.6) is 5.75 Å². The lowest BCUT2D eigenvalue weighted by Crippen LogP contribution is -2.07. The molecule has 0 saturated heterocycles. The van der Waals surface area contributed by atoms with Gasteiger partial charge < -0.3 is 14.0 Å². The number of carbonyl (C=O) groups excluding carboxylic acids is 1. The average Bonchev–Trinajstić information content (AvgIpc) is 3.30. The van der Waals surface area contributed by atoms with Crippen LogP contribution in [0.25, 0.3) is 11.8 Å². The molecule has 0 atom stereocenters. The molecule has 3 aromatic carbocycles. The summed E-state index contributed by atoms with van der Waals surface area (Å²) in [6.45, 7) is 1.20. The second-order valence-corrected chi connectivity index (χ2v) is 7.65. The topological polar surface area (TPSA) is 53.3 Å². The molecule has 0 fully saturated rings. The van der Waals surface area contributed by atoms with E-state index in [9.17, 15) is 4.79 Å². The molecule has 0 unspecified atom stereocenters. The first-order chi connectivity index (χ1) is 16.2. The van der Waals surface area contributed by atoms with Gasteiger partial charge in [0, 0.05) is 30.6 Å². The summed E-state index contributed by atoms with van der Waals surface area (Å²) in [5.41, 5.74) is 1.28. The van der Waals surface area contributed by atoms with Crippen molar-refractivity contribution >= 4 is 29.4 Å². The van der Waals surface area contributed by atoms with Gasteiger partial charge in [-0.2, -0.15) is 0 Å². The number of hydrogen-bond donors (Lipinski definition) is 0. The Morgan fingerprint density at radius 2 is 1.58 bits per heavy atom. The number of para-hydroxylation sites is 1. The van der Waals surface area contributed by atoms with Crippen LogP contribution in [0.15, 0.2) is 97.3 Å². The number of ether oxygens (including phenoxy) is 2. The Morgan fingerprint density at radius 3 is 2.30 bits per heavy atom. The van der Waals surface area contributed by atoms with Gasteiger partial charge in [0.2, 0.25) is 0 Å². The standard InChI is InChI=1S/C27H23ClN2O3/c28-23-14-7-8-15-24(23)32-19-9-17-30-18-16-29-26(30)20-25(21-10-3-1-4-11-21)33-27(31)22-12-5-2-6-13-22/h1-8,10-16,18,20H,9,17,19H2. The molecule has 0 saturated carbocycles. The minimum Gasteiger partial charge on any atom is -0.492 e. The second kappa shape index (κ2) is 11.2. The molecule has 166 valence electrons. The normalized spacial score (nSPS) is 11.2. The van der Waals surface area contributed by atoms with Crippen molar-refractivity contribution in [3.8, 4) is 5.75 Å². The first-order valence-corrected chi connectivity index (χ1v) is 11.0. The molecule has 0 N–H and O–H groups in total. The van der Waals surface area contributed by atoms with E-state index in [1.165, 1.54) is 0 Å². The average molecular weight is 459 g/mol. The molecular formula is C27H23ClN2O3. The lowest BCUT2D eigenvalue weighted by Gasteiger charge is -2.11. The summed E-state index contributed by atoms with van der Waals surface area (Å²) in [7, 11) is 0. The van der Waals surface area contributed by atoms with Gasteiger partial charge in [-0.05, 0) is 30.7 Å². The quantitative estimate of drug-likeness (QED) is 0.166. The fourth-order valence-electron chi connectivity index (χ4n) is 3.25. The number of rotatable bonds is 9. The van der Waals surface area contributed by atoms with E-state index in [2.05, 4.69) is 4.98 Å². The molecule has 4 rings (SSSR count). The Kier molecular flexibility index (Phi) is 7.56. The van der Waals surface area contributed by atoms with Crippen molar-refractivity contribution in [1.29, 1.82) is 0 Å². The molecule has 0 aliphatic carbocycles. The van der Waals surface area contributed by atoms with Crippen LogP contribution >= 0.6 is 11.6 Å². The molecule has 4 aromatic rings. The maximum absolute atomic E-state index is 12.7. The van der Waals surface area contributed by atoms with E-state index in [4.69, 9.17) is 21.1 Å². The molecule has 0 aliphatic heterocycles. The molecule has 6 heteroatoms. The van der Waals surface area contributed by atoms with E-state index >= 15 is 0 Å². The van der Waals surface area contributed by atoms with Gasteiger partial charge in [-0.15, -0.1) is 0 Å². The highest BCUT2D eigenvalue weighted by Gasteiger charge is 2.13. The highest BCUT2D eigenvalue weighted by molar-refractivity contribution is 6.32. The van der Waals surface area contributed by atoms with E-state index in [-0.39, 0.29) is 0 Å². The largest absolute Gasteiger partial charge is 0.492 e. The summed E-state index contributed by atoms with van der Waals surface area (Å²) < 4.78 is 13.5. The Bertz CT molecular complexity index is 1220. The van der Waals surface area contributed by atoms with Crippen LogP contribution in [0.3, 0.4) is 0 Å². The number of aryl methyl sites for hydroxylation is 1. The van der Waals surface area contributed by atoms with E-state index in [1.807, 2.05) is 65.4 Å². The Balaban J connectivity index is 1.48. The van der Waals surface area contributed by atoms with E-state index in [0.717, 1.165) is 12.0 Å². The summed E-state index contributed by atoms with van der Waals surface area (Å²) in [6, 6.07) is 25.8. The van der Waals surface area contributed by atoms with Crippen molar-refractivity contribution in [2.24, 2.45) is 0 Å². The zero-order valence-corrected chi connectivity index (χ0v) is 18.7. The number of imidazole rings is 1. The molecule has 0 radical (unpaired) electrons. The van der Waals surface area contributed by atoms with Crippen LogP contribution in [0.2, 0.25) is 5.02 Å². The van der Waals surface area contributed by atoms with Gasteiger partial charge in [0.25, 0.3) is 0 Å². The zero-order chi connectivity index (χ0) is 22.9. The number of esters is 1. The predicted octanol–water partition coefficient (Wildman–Crippen LogP) is 6.36. The van der Waals surface area contributed by atoms with Gasteiger partial charge in [0.1, 0.15) is 17.3 Å². The number of halogens is 1.